The molecule has 1 aromatic carbocycles. The minimum absolute atomic E-state index is 0.138. The molecule has 0 aliphatic carbocycles. The van der Waals surface area contributed by atoms with Gasteiger partial charge in [0, 0.05) is 5.56 Å². The second-order valence-electron chi connectivity index (χ2n) is 3.04. The molecule has 0 unspecified atom stereocenters. The average molecular weight is 230 g/mol. The molecule has 2 nitrogen and oxygen atoms in total. The molecule has 0 fully saturated rings. The fourth-order valence-electron chi connectivity index (χ4n) is 1.18. The summed E-state index contributed by atoms with van der Waals surface area (Å²) in [5, 5.41) is 8.52. The molecule has 5 heteroatoms. The first-order valence-corrected chi connectivity index (χ1v) is 4.43. The predicted octanol–water partition coefficient (Wildman–Crippen LogP) is 2.52. The summed E-state index contributed by atoms with van der Waals surface area (Å²) in [6, 6.07) is 2.82. The van der Waals surface area contributed by atoms with E-state index in [1.54, 1.807) is 0 Å². The maximum atomic E-state index is 12.4. The van der Waals surface area contributed by atoms with Gasteiger partial charge in [-0.3, -0.25) is 4.79 Å². The van der Waals surface area contributed by atoms with Crippen LogP contribution in [0.1, 0.15) is 21.5 Å². The molecule has 0 heterocycles. The molecule has 16 heavy (non-hydrogen) atoms. The van der Waals surface area contributed by atoms with Gasteiger partial charge in [-0.1, -0.05) is 18.2 Å². The highest BCUT2D eigenvalue weighted by Gasteiger charge is 2.30. The van der Waals surface area contributed by atoms with Crippen LogP contribution < -0.4 is 0 Å². The van der Waals surface area contributed by atoms with Crippen molar-refractivity contribution < 1.29 is 23.1 Å². The van der Waals surface area contributed by atoms with Crippen LogP contribution in [0.15, 0.2) is 24.3 Å². The summed E-state index contributed by atoms with van der Waals surface area (Å²) in [7, 11) is 0. The number of carbonyl (C=O) groups is 1. The van der Waals surface area contributed by atoms with Crippen LogP contribution in [-0.4, -0.2) is 18.0 Å². The van der Waals surface area contributed by atoms with Gasteiger partial charge in [0.25, 0.3) is 0 Å². The van der Waals surface area contributed by atoms with Gasteiger partial charge in [0.2, 0.25) is 0 Å². The van der Waals surface area contributed by atoms with E-state index in [0.717, 1.165) is 18.2 Å². The highest BCUT2D eigenvalue weighted by atomic mass is 19.4. The number of aliphatic hydroxyl groups excluding tert-OH is 1. The van der Waals surface area contributed by atoms with E-state index in [0.29, 0.717) is 6.29 Å². The maximum Gasteiger partial charge on any atom is 0.416 e. The number of carbonyl (C=O) groups excluding carboxylic acids is 1. The lowest BCUT2D eigenvalue weighted by Gasteiger charge is -2.08. The van der Waals surface area contributed by atoms with Gasteiger partial charge < -0.3 is 5.11 Å². The lowest BCUT2D eigenvalue weighted by atomic mass is 10.0. The molecule has 0 atom stereocenters. The first-order chi connectivity index (χ1) is 7.49. The third-order valence-electron chi connectivity index (χ3n) is 1.94. The summed E-state index contributed by atoms with van der Waals surface area (Å²) >= 11 is 0. The highest BCUT2D eigenvalue weighted by Crippen LogP contribution is 2.30. The Hall–Kier alpha value is -1.62. The molecule has 0 aliphatic heterocycles. The lowest BCUT2D eigenvalue weighted by Crippen LogP contribution is -2.05. The van der Waals surface area contributed by atoms with Gasteiger partial charge in [0.05, 0.1) is 12.2 Å². The summed E-state index contributed by atoms with van der Waals surface area (Å²) in [4.78, 5) is 10.6. The van der Waals surface area contributed by atoms with Crippen molar-refractivity contribution in [3.63, 3.8) is 0 Å². The van der Waals surface area contributed by atoms with Crippen LogP contribution >= 0.6 is 0 Å². The molecule has 1 aromatic rings. The van der Waals surface area contributed by atoms with E-state index in [1.165, 1.54) is 12.2 Å². The zero-order valence-electron chi connectivity index (χ0n) is 8.16. The Bertz CT molecular complexity index is 408. The van der Waals surface area contributed by atoms with E-state index in [-0.39, 0.29) is 17.7 Å². The third-order valence-corrected chi connectivity index (χ3v) is 1.94. The van der Waals surface area contributed by atoms with E-state index in [4.69, 9.17) is 5.11 Å². The van der Waals surface area contributed by atoms with Crippen LogP contribution in [0, 0.1) is 0 Å². The van der Waals surface area contributed by atoms with E-state index in [2.05, 4.69) is 0 Å². The van der Waals surface area contributed by atoms with Gasteiger partial charge in [-0.15, -0.1) is 0 Å². The minimum atomic E-state index is -4.44. The van der Waals surface area contributed by atoms with Crippen LogP contribution in [0.25, 0.3) is 6.08 Å². The Morgan fingerprint density at radius 3 is 2.44 bits per heavy atom. The SMILES string of the molecule is O=Cc1ccc(C(F)(F)F)cc1C=CCO. The van der Waals surface area contributed by atoms with Crippen LogP contribution in [-0.2, 0) is 6.18 Å². The van der Waals surface area contributed by atoms with Crippen molar-refractivity contribution in [1.82, 2.24) is 0 Å². The highest BCUT2D eigenvalue weighted by molar-refractivity contribution is 5.82. The second-order valence-corrected chi connectivity index (χ2v) is 3.04. The Morgan fingerprint density at radius 1 is 1.25 bits per heavy atom. The Kier molecular flexibility index (Phi) is 3.84. The monoisotopic (exact) mass is 230 g/mol. The summed E-state index contributed by atoms with van der Waals surface area (Å²) in [5.41, 5.74) is -0.535. The molecule has 86 valence electrons. The first-order valence-electron chi connectivity index (χ1n) is 4.43. The summed E-state index contributed by atoms with van der Waals surface area (Å²) in [6.07, 6.45) is -1.43. The van der Waals surface area contributed by atoms with Crippen molar-refractivity contribution in [1.29, 1.82) is 0 Å². The molecular formula is C11H9F3O2. The van der Waals surface area contributed by atoms with E-state index in [9.17, 15) is 18.0 Å². The van der Waals surface area contributed by atoms with Crippen LogP contribution in [0.5, 0.6) is 0 Å². The third kappa shape index (κ3) is 2.93. The normalized spacial score (nSPS) is 12.0. The average Bonchev–Trinajstić information content (AvgIpc) is 2.24. The second kappa shape index (κ2) is 4.94. The van der Waals surface area contributed by atoms with Crippen LogP contribution in [0.3, 0.4) is 0 Å². The standard InChI is InChI=1S/C11H9F3O2/c12-11(13,14)10-4-3-9(7-16)8(6-10)2-1-5-15/h1-4,6-7,15H,5H2. The largest absolute Gasteiger partial charge is 0.416 e. The maximum absolute atomic E-state index is 12.4. The van der Waals surface area contributed by atoms with Crippen LogP contribution in [0.4, 0.5) is 13.2 Å². The lowest BCUT2D eigenvalue weighted by molar-refractivity contribution is -0.137. The minimum Gasteiger partial charge on any atom is -0.392 e. The van der Waals surface area contributed by atoms with Gasteiger partial charge in [-0.25, -0.2) is 0 Å². The Balaban J connectivity index is 3.21. The van der Waals surface area contributed by atoms with Crippen molar-refractivity contribution in [2.45, 2.75) is 6.18 Å². The molecular weight excluding hydrogens is 221 g/mol. The number of aliphatic hydroxyl groups is 1. The van der Waals surface area contributed by atoms with Crippen molar-refractivity contribution in [3.05, 3.63) is 41.0 Å². The number of benzene rings is 1. The fraction of sp³-hybridized carbons (Fsp3) is 0.182. The molecule has 0 radical (unpaired) electrons. The number of aldehydes is 1. The van der Waals surface area contributed by atoms with Crippen molar-refractivity contribution in [2.24, 2.45) is 0 Å². The zero-order chi connectivity index (χ0) is 12.2. The summed E-state index contributed by atoms with van der Waals surface area (Å²) < 4.78 is 37.1. The Labute approximate surface area is 90.0 Å². The fourth-order valence-corrected chi connectivity index (χ4v) is 1.18. The summed E-state index contributed by atoms with van der Waals surface area (Å²) in [5.74, 6) is 0. The Morgan fingerprint density at radius 2 is 1.94 bits per heavy atom. The van der Waals surface area contributed by atoms with Crippen molar-refractivity contribution >= 4 is 12.4 Å². The molecule has 0 amide bonds. The molecule has 0 saturated carbocycles. The van der Waals surface area contributed by atoms with Crippen LogP contribution in [0.2, 0.25) is 0 Å². The summed E-state index contributed by atoms with van der Waals surface area (Å²) in [6.45, 7) is -0.297. The van der Waals surface area contributed by atoms with E-state index < -0.39 is 11.7 Å². The number of hydrogen-bond acceptors (Lipinski definition) is 2. The van der Waals surface area contributed by atoms with Gasteiger partial charge in [-0.05, 0) is 17.7 Å². The number of hydrogen-bond donors (Lipinski definition) is 1. The molecule has 0 aliphatic rings. The van der Waals surface area contributed by atoms with Crippen molar-refractivity contribution in [3.8, 4) is 0 Å². The molecule has 0 aromatic heterocycles. The molecule has 0 saturated heterocycles. The number of alkyl halides is 3. The predicted molar refractivity (Wildman–Crippen MR) is 53.0 cm³/mol. The smallest absolute Gasteiger partial charge is 0.392 e. The van der Waals surface area contributed by atoms with Gasteiger partial charge >= 0.3 is 6.18 Å². The molecule has 1 rings (SSSR count). The molecule has 1 N–H and O–H groups in total. The number of halogens is 3. The topological polar surface area (TPSA) is 37.3 Å². The molecule has 0 spiro atoms. The van der Waals surface area contributed by atoms with E-state index in [1.807, 2.05) is 0 Å². The number of rotatable bonds is 3. The quantitative estimate of drug-likeness (QED) is 0.810. The van der Waals surface area contributed by atoms with E-state index >= 15 is 0 Å². The zero-order valence-corrected chi connectivity index (χ0v) is 8.16. The molecule has 0 bridgehead atoms. The van der Waals surface area contributed by atoms with Gasteiger partial charge in [0.1, 0.15) is 0 Å². The van der Waals surface area contributed by atoms with Crippen molar-refractivity contribution in [2.75, 3.05) is 6.61 Å². The van der Waals surface area contributed by atoms with Gasteiger partial charge in [0.15, 0.2) is 6.29 Å². The first kappa shape index (κ1) is 12.4. The van der Waals surface area contributed by atoms with Gasteiger partial charge in [-0.2, -0.15) is 13.2 Å².